The second-order valence-electron chi connectivity index (χ2n) is 7.73. The Balaban J connectivity index is 1.77. The van der Waals surface area contributed by atoms with Crippen molar-refractivity contribution in [2.75, 3.05) is 32.1 Å². The van der Waals surface area contributed by atoms with Gasteiger partial charge in [0.05, 0.1) is 18.8 Å². The number of nitrogens with zero attached hydrogens (tertiary/aromatic N) is 2. The largest absolute Gasteiger partial charge is 0.383 e. The van der Waals surface area contributed by atoms with Gasteiger partial charge in [-0.05, 0) is 41.6 Å². The van der Waals surface area contributed by atoms with E-state index in [0.717, 1.165) is 28.1 Å². The van der Waals surface area contributed by atoms with Crippen molar-refractivity contribution in [3.05, 3.63) is 87.6 Å². The Kier molecular flexibility index (Phi) is 9.12. The minimum absolute atomic E-state index is 0.119. The topological polar surface area (TPSA) is 61.9 Å². The maximum Gasteiger partial charge on any atom is 0.322 e. The van der Waals surface area contributed by atoms with E-state index in [1.165, 1.54) is 12.0 Å². The molecule has 0 aliphatic carbocycles. The highest BCUT2D eigenvalue weighted by Gasteiger charge is 2.23. The first-order valence-corrected chi connectivity index (χ1v) is 11.6. The fourth-order valence-electron chi connectivity index (χ4n) is 3.28. The number of hydrogen-bond donors (Lipinski definition) is 1. The summed E-state index contributed by atoms with van der Waals surface area (Å²) in [6, 6.07) is 13.8. The lowest BCUT2D eigenvalue weighted by Gasteiger charge is -2.28. The van der Waals surface area contributed by atoms with E-state index in [4.69, 9.17) is 4.74 Å². The number of ether oxygens (including phenoxy) is 1. The standard InChI is InChI=1S/C25H27F2N3O3S/c1-18-10-13-34-23(18)16-30(15-19-6-4-3-5-7-19)24(31)17-29(11-12-33-2)25(32)28-22-9-8-20(26)14-21(22)27/h3-10,13-14H,11-12,15-17H2,1-2H3,(H,28,32). The van der Waals surface area contributed by atoms with Crippen molar-refractivity contribution < 1.29 is 23.1 Å². The summed E-state index contributed by atoms with van der Waals surface area (Å²) < 4.78 is 32.3. The zero-order valence-corrected chi connectivity index (χ0v) is 19.9. The molecule has 0 fully saturated rings. The average Bonchev–Trinajstić information content (AvgIpc) is 3.22. The predicted molar refractivity (Wildman–Crippen MR) is 129 cm³/mol. The van der Waals surface area contributed by atoms with Crippen LogP contribution in [0.1, 0.15) is 16.0 Å². The Morgan fingerprint density at radius 2 is 1.79 bits per heavy atom. The van der Waals surface area contributed by atoms with Crippen molar-refractivity contribution in [2.24, 2.45) is 0 Å². The zero-order valence-electron chi connectivity index (χ0n) is 19.1. The van der Waals surface area contributed by atoms with Gasteiger partial charge in [0.2, 0.25) is 5.91 Å². The monoisotopic (exact) mass is 487 g/mol. The molecule has 0 aliphatic rings. The van der Waals surface area contributed by atoms with E-state index < -0.39 is 17.7 Å². The van der Waals surface area contributed by atoms with Gasteiger partial charge in [0.15, 0.2) is 0 Å². The van der Waals surface area contributed by atoms with Gasteiger partial charge in [0.1, 0.15) is 18.2 Å². The Bertz CT molecular complexity index is 1110. The molecule has 0 atom stereocenters. The third kappa shape index (κ3) is 7.10. The predicted octanol–water partition coefficient (Wildman–Crippen LogP) is 5.04. The number of methoxy groups -OCH3 is 1. The lowest BCUT2D eigenvalue weighted by molar-refractivity contribution is -0.133. The van der Waals surface area contributed by atoms with E-state index in [1.54, 1.807) is 16.2 Å². The molecule has 0 bridgehead atoms. The van der Waals surface area contributed by atoms with Crippen LogP contribution in [0.5, 0.6) is 0 Å². The van der Waals surface area contributed by atoms with Crippen LogP contribution in [-0.2, 0) is 22.6 Å². The first-order valence-electron chi connectivity index (χ1n) is 10.7. The summed E-state index contributed by atoms with van der Waals surface area (Å²) in [5, 5.41) is 4.39. The maximum absolute atomic E-state index is 14.0. The number of aryl methyl sites for hydroxylation is 1. The second kappa shape index (κ2) is 12.2. The third-order valence-corrected chi connectivity index (χ3v) is 6.23. The number of benzene rings is 2. The molecule has 3 amide bonds. The van der Waals surface area contributed by atoms with Crippen LogP contribution in [0, 0.1) is 18.6 Å². The van der Waals surface area contributed by atoms with E-state index in [0.29, 0.717) is 19.2 Å². The summed E-state index contributed by atoms with van der Waals surface area (Å²) in [5.74, 6) is -1.91. The number of carbonyl (C=O) groups excluding carboxylic acids is 2. The fraction of sp³-hybridized carbons (Fsp3) is 0.280. The van der Waals surface area contributed by atoms with Gasteiger partial charge in [-0.25, -0.2) is 13.6 Å². The molecule has 2 aromatic carbocycles. The van der Waals surface area contributed by atoms with Crippen LogP contribution in [0.4, 0.5) is 19.3 Å². The molecule has 0 radical (unpaired) electrons. The van der Waals surface area contributed by atoms with Gasteiger partial charge in [-0.1, -0.05) is 30.3 Å². The Morgan fingerprint density at radius 1 is 1.03 bits per heavy atom. The summed E-state index contributed by atoms with van der Waals surface area (Å²) in [4.78, 5) is 30.3. The van der Waals surface area contributed by atoms with Crippen LogP contribution in [0.15, 0.2) is 60.0 Å². The van der Waals surface area contributed by atoms with Gasteiger partial charge in [-0.15, -0.1) is 11.3 Å². The Morgan fingerprint density at radius 3 is 2.44 bits per heavy atom. The van der Waals surface area contributed by atoms with Crippen LogP contribution in [0.3, 0.4) is 0 Å². The molecule has 3 rings (SSSR count). The number of amides is 3. The molecular formula is C25H27F2N3O3S. The molecule has 0 spiro atoms. The van der Waals surface area contributed by atoms with Crippen molar-refractivity contribution in [3.8, 4) is 0 Å². The fourth-order valence-corrected chi connectivity index (χ4v) is 4.20. The molecule has 0 aliphatic heterocycles. The molecule has 9 heteroatoms. The van der Waals surface area contributed by atoms with Crippen LogP contribution in [0.2, 0.25) is 0 Å². The summed E-state index contributed by atoms with van der Waals surface area (Å²) >= 11 is 1.57. The van der Waals surface area contributed by atoms with E-state index >= 15 is 0 Å². The number of hydrogen-bond acceptors (Lipinski definition) is 4. The molecule has 0 saturated heterocycles. The van der Waals surface area contributed by atoms with Crippen LogP contribution >= 0.6 is 11.3 Å². The summed E-state index contributed by atoms with van der Waals surface area (Å²) in [5.41, 5.74) is 1.89. The van der Waals surface area contributed by atoms with Crippen LogP contribution < -0.4 is 5.32 Å². The lowest BCUT2D eigenvalue weighted by Crippen LogP contribution is -2.45. The van der Waals surface area contributed by atoms with Gasteiger partial charge >= 0.3 is 6.03 Å². The number of halogens is 2. The van der Waals surface area contributed by atoms with E-state index in [1.807, 2.05) is 48.7 Å². The maximum atomic E-state index is 14.0. The highest BCUT2D eigenvalue weighted by molar-refractivity contribution is 7.10. The molecule has 0 unspecified atom stereocenters. The number of nitrogens with one attached hydrogen (secondary N) is 1. The number of carbonyl (C=O) groups is 2. The molecule has 34 heavy (non-hydrogen) atoms. The van der Waals surface area contributed by atoms with Crippen LogP contribution in [-0.4, -0.2) is 48.5 Å². The molecular weight excluding hydrogens is 460 g/mol. The number of rotatable bonds is 10. The van der Waals surface area contributed by atoms with Crippen LogP contribution in [0.25, 0.3) is 0 Å². The summed E-state index contributed by atoms with van der Waals surface area (Å²) in [6.45, 7) is 2.86. The molecule has 180 valence electrons. The second-order valence-corrected chi connectivity index (χ2v) is 8.73. The first kappa shape index (κ1) is 25.3. The highest BCUT2D eigenvalue weighted by atomic mass is 32.1. The van der Waals surface area contributed by atoms with E-state index in [9.17, 15) is 18.4 Å². The molecule has 1 aromatic heterocycles. The lowest BCUT2D eigenvalue weighted by atomic mass is 10.2. The normalized spacial score (nSPS) is 10.7. The van der Waals surface area contributed by atoms with Gasteiger partial charge in [-0.2, -0.15) is 0 Å². The van der Waals surface area contributed by atoms with E-state index in [-0.39, 0.29) is 31.3 Å². The first-order chi connectivity index (χ1) is 16.4. The molecule has 1 N–H and O–H groups in total. The SMILES string of the molecule is COCCN(CC(=O)N(Cc1ccccc1)Cc1sccc1C)C(=O)Nc1ccc(F)cc1F. The minimum Gasteiger partial charge on any atom is -0.383 e. The van der Waals surface area contributed by atoms with Crippen molar-refractivity contribution in [3.63, 3.8) is 0 Å². The highest BCUT2D eigenvalue weighted by Crippen LogP contribution is 2.20. The molecule has 3 aromatic rings. The molecule has 6 nitrogen and oxygen atoms in total. The summed E-state index contributed by atoms with van der Waals surface area (Å²) in [6.07, 6.45) is 0. The summed E-state index contributed by atoms with van der Waals surface area (Å²) in [7, 11) is 1.48. The molecule has 0 saturated carbocycles. The van der Waals surface area contributed by atoms with Gasteiger partial charge in [0.25, 0.3) is 0 Å². The average molecular weight is 488 g/mol. The van der Waals surface area contributed by atoms with Gasteiger partial charge < -0.3 is 19.9 Å². The smallest absolute Gasteiger partial charge is 0.322 e. The van der Waals surface area contributed by atoms with E-state index in [2.05, 4.69) is 5.32 Å². The van der Waals surface area contributed by atoms with Crippen molar-refractivity contribution >= 4 is 29.0 Å². The Labute approximate surface area is 201 Å². The number of urea groups is 1. The third-order valence-electron chi connectivity index (χ3n) is 5.22. The Hall–Kier alpha value is -3.30. The van der Waals surface area contributed by atoms with Crippen molar-refractivity contribution in [1.82, 2.24) is 9.80 Å². The van der Waals surface area contributed by atoms with Gasteiger partial charge in [-0.3, -0.25) is 4.79 Å². The molecule has 1 heterocycles. The number of thiophene rings is 1. The number of anilines is 1. The van der Waals surface area contributed by atoms with Gasteiger partial charge in [0, 0.05) is 31.1 Å². The quantitative estimate of drug-likeness (QED) is 0.436. The van der Waals surface area contributed by atoms with Crippen molar-refractivity contribution in [1.29, 1.82) is 0 Å². The zero-order chi connectivity index (χ0) is 24.5. The minimum atomic E-state index is -0.898. The van der Waals surface area contributed by atoms with Crippen molar-refractivity contribution in [2.45, 2.75) is 20.0 Å².